The Hall–Kier alpha value is -0.240. The van der Waals surface area contributed by atoms with E-state index in [1.165, 1.54) is 24.8 Å². The van der Waals surface area contributed by atoms with Gasteiger partial charge in [-0.2, -0.15) is 0 Å². The summed E-state index contributed by atoms with van der Waals surface area (Å²) in [6.07, 6.45) is 3.76. The van der Waals surface area contributed by atoms with Gasteiger partial charge in [0, 0.05) is 6.04 Å². The van der Waals surface area contributed by atoms with Gasteiger partial charge in [0.1, 0.15) is 0 Å². The van der Waals surface area contributed by atoms with E-state index in [9.17, 15) is 0 Å². The number of benzene rings is 1. The van der Waals surface area contributed by atoms with Gasteiger partial charge in [-0.05, 0) is 37.1 Å². The molecule has 0 unspecified atom stereocenters. The number of hydrogen-bond donors (Lipinski definition) is 1. The van der Waals surface area contributed by atoms with Gasteiger partial charge >= 0.3 is 0 Å². The van der Waals surface area contributed by atoms with Crippen LogP contribution in [0.5, 0.6) is 0 Å². The monoisotopic (exact) mass is 229 g/mol. The molecule has 0 radical (unpaired) electrons. The second kappa shape index (κ2) is 4.52. The number of hydrogen-bond acceptors (Lipinski definition) is 1. The lowest BCUT2D eigenvalue weighted by atomic mass is 9.98. The van der Waals surface area contributed by atoms with E-state index >= 15 is 0 Å². The van der Waals surface area contributed by atoms with Gasteiger partial charge in [-0.25, -0.2) is 0 Å². The van der Waals surface area contributed by atoms with Crippen molar-refractivity contribution in [1.82, 2.24) is 5.32 Å². The third kappa shape index (κ3) is 2.22. The van der Waals surface area contributed by atoms with Crippen LogP contribution in [0.4, 0.5) is 0 Å². The molecule has 1 heterocycles. The minimum absolute atomic E-state index is 0.457. The number of halogens is 2. The molecule has 1 fully saturated rings. The van der Waals surface area contributed by atoms with Crippen molar-refractivity contribution in [1.29, 1.82) is 0 Å². The van der Waals surface area contributed by atoms with Crippen molar-refractivity contribution in [2.24, 2.45) is 0 Å². The molecule has 0 amide bonds. The summed E-state index contributed by atoms with van der Waals surface area (Å²) < 4.78 is 0. The van der Waals surface area contributed by atoms with Crippen LogP contribution in [0.1, 0.15) is 30.9 Å². The summed E-state index contributed by atoms with van der Waals surface area (Å²) >= 11 is 11.8. The van der Waals surface area contributed by atoms with Crippen molar-refractivity contribution >= 4 is 23.2 Å². The predicted molar refractivity (Wildman–Crippen MR) is 61.1 cm³/mol. The highest BCUT2D eigenvalue weighted by Crippen LogP contribution is 2.28. The average molecular weight is 230 g/mol. The third-order valence-corrected chi connectivity index (χ3v) is 3.40. The van der Waals surface area contributed by atoms with Crippen molar-refractivity contribution in [3.8, 4) is 0 Å². The molecular weight excluding hydrogens is 217 g/mol. The summed E-state index contributed by atoms with van der Waals surface area (Å²) in [7, 11) is 0. The van der Waals surface area contributed by atoms with E-state index in [1.807, 2.05) is 12.1 Å². The maximum atomic E-state index is 5.97. The van der Waals surface area contributed by atoms with Crippen molar-refractivity contribution < 1.29 is 0 Å². The minimum atomic E-state index is 0.457. The second-order valence-corrected chi connectivity index (χ2v) is 4.49. The van der Waals surface area contributed by atoms with E-state index in [0.29, 0.717) is 16.1 Å². The van der Waals surface area contributed by atoms with E-state index in [4.69, 9.17) is 23.2 Å². The third-order valence-electron chi connectivity index (χ3n) is 2.66. The standard InChI is InChI=1S/C11H13Cl2N/c12-9-5-4-8(7-10(9)13)11-3-1-2-6-14-11/h4-5,7,11,14H,1-3,6H2/t11-/m1/s1. The topological polar surface area (TPSA) is 12.0 Å². The van der Waals surface area contributed by atoms with Gasteiger partial charge < -0.3 is 5.32 Å². The molecule has 1 aromatic rings. The van der Waals surface area contributed by atoms with E-state index in [1.54, 1.807) is 0 Å². The number of piperidine rings is 1. The van der Waals surface area contributed by atoms with Gasteiger partial charge in [0.15, 0.2) is 0 Å². The highest BCUT2D eigenvalue weighted by atomic mass is 35.5. The largest absolute Gasteiger partial charge is 0.310 e. The van der Waals surface area contributed by atoms with Gasteiger partial charge in [-0.15, -0.1) is 0 Å². The Kier molecular flexibility index (Phi) is 3.32. The van der Waals surface area contributed by atoms with Gasteiger partial charge in [0.25, 0.3) is 0 Å². The van der Waals surface area contributed by atoms with Crippen LogP contribution in [0, 0.1) is 0 Å². The summed E-state index contributed by atoms with van der Waals surface area (Å²) in [5, 5.41) is 4.76. The van der Waals surface area contributed by atoms with Crippen molar-refractivity contribution in [3.63, 3.8) is 0 Å². The molecule has 1 aliphatic heterocycles. The van der Waals surface area contributed by atoms with Crippen molar-refractivity contribution in [3.05, 3.63) is 33.8 Å². The van der Waals surface area contributed by atoms with Gasteiger partial charge in [-0.1, -0.05) is 35.7 Å². The van der Waals surface area contributed by atoms with Gasteiger partial charge in [-0.3, -0.25) is 0 Å². The van der Waals surface area contributed by atoms with Crippen LogP contribution in [0.25, 0.3) is 0 Å². The van der Waals surface area contributed by atoms with Gasteiger partial charge in [0.2, 0.25) is 0 Å². The minimum Gasteiger partial charge on any atom is -0.310 e. The smallest absolute Gasteiger partial charge is 0.0595 e. The van der Waals surface area contributed by atoms with E-state index in [-0.39, 0.29) is 0 Å². The van der Waals surface area contributed by atoms with Crippen molar-refractivity contribution in [2.75, 3.05) is 6.54 Å². The molecule has 14 heavy (non-hydrogen) atoms. The molecule has 1 saturated heterocycles. The zero-order chi connectivity index (χ0) is 9.97. The Bertz CT molecular complexity index is 319. The zero-order valence-corrected chi connectivity index (χ0v) is 9.41. The van der Waals surface area contributed by atoms with E-state index < -0.39 is 0 Å². The Labute approximate surface area is 94.4 Å². The van der Waals surface area contributed by atoms with Crippen LogP contribution in [0.15, 0.2) is 18.2 Å². The SMILES string of the molecule is Clc1ccc([C@H]2CCCCN2)cc1Cl. The molecule has 0 aromatic heterocycles. The molecule has 1 atom stereocenters. The quantitative estimate of drug-likeness (QED) is 0.773. The molecule has 3 heteroatoms. The number of rotatable bonds is 1. The van der Waals surface area contributed by atoms with Crippen LogP contribution in [0.3, 0.4) is 0 Å². The predicted octanol–water partition coefficient (Wildman–Crippen LogP) is 3.81. The first kappa shape index (κ1) is 10.3. The molecule has 76 valence electrons. The first-order valence-corrected chi connectivity index (χ1v) is 5.71. The van der Waals surface area contributed by atoms with Crippen LogP contribution in [0.2, 0.25) is 10.0 Å². The first-order chi connectivity index (χ1) is 6.77. The molecule has 1 nitrogen and oxygen atoms in total. The molecule has 1 aromatic carbocycles. The second-order valence-electron chi connectivity index (χ2n) is 3.68. The van der Waals surface area contributed by atoms with Crippen LogP contribution < -0.4 is 5.32 Å². The molecule has 0 saturated carbocycles. The fourth-order valence-corrected chi connectivity index (χ4v) is 2.17. The lowest BCUT2D eigenvalue weighted by molar-refractivity contribution is 0.412. The lowest BCUT2D eigenvalue weighted by Crippen LogP contribution is -2.26. The highest BCUT2D eigenvalue weighted by Gasteiger charge is 2.15. The molecular formula is C11H13Cl2N. The molecule has 1 N–H and O–H groups in total. The van der Waals surface area contributed by atoms with Gasteiger partial charge in [0.05, 0.1) is 10.0 Å². The summed E-state index contributed by atoms with van der Waals surface area (Å²) in [5.41, 5.74) is 1.25. The van der Waals surface area contributed by atoms with E-state index in [0.717, 1.165) is 6.54 Å². The Balaban J connectivity index is 2.18. The van der Waals surface area contributed by atoms with E-state index in [2.05, 4.69) is 11.4 Å². The fourth-order valence-electron chi connectivity index (χ4n) is 1.87. The van der Waals surface area contributed by atoms with Crippen LogP contribution in [-0.4, -0.2) is 6.54 Å². The zero-order valence-electron chi connectivity index (χ0n) is 7.89. The Morgan fingerprint density at radius 1 is 1.14 bits per heavy atom. The summed E-state index contributed by atoms with van der Waals surface area (Å²) in [4.78, 5) is 0. The maximum absolute atomic E-state index is 5.97. The fraction of sp³-hybridized carbons (Fsp3) is 0.455. The lowest BCUT2D eigenvalue weighted by Gasteiger charge is -2.24. The normalized spacial score (nSPS) is 22.3. The van der Waals surface area contributed by atoms with Crippen LogP contribution in [-0.2, 0) is 0 Å². The molecule has 0 aliphatic carbocycles. The number of nitrogens with one attached hydrogen (secondary N) is 1. The average Bonchev–Trinajstić information content (AvgIpc) is 2.23. The first-order valence-electron chi connectivity index (χ1n) is 4.96. The Morgan fingerprint density at radius 2 is 2.00 bits per heavy atom. The molecule has 2 rings (SSSR count). The Morgan fingerprint density at radius 3 is 2.64 bits per heavy atom. The summed E-state index contributed by atoms with van der Waals surface area (Å²) in [5.74, 6) is 0. The maximum Gasteiger partial charge on any atom is 0.0595 e. The molecule has 1 aliphatic rings. The molecule has 0 bridgehead atoms. The summed E-state index contributed by atoms with van der Waals surface area (Å²) in [6.45, 7) is 1.10. The highest BCUT2D eigenvalue weighted by molar-refractivity contribution is 6.42. The van der Waals surface area contributed by atoms with Crippen LogP contribution >= 0.6 is 23.2 Å². The van der Waals surface area contributed by atoms with Crippen molar-refractivity contribution in [2.45, 2.75) is 25.3 Å². The molecule has 0 spiro atoms. The summed E-state index contributed by atoms with van der Waals surface area (Å²) in [6, 6.07) is 6.35.